The smallest absolute Gasteiger partial charge is 0.361 e. The van der Waals surface area contributed by atoms with E-state index in [1.165, 1.54) is 24.3 Å². The van der Waals surface area contributed by atoms with Gasteiger partial charge in [-0.15, -0.1) is 11.3 Å². The molecular formula is C28H23F3N4O3S2. The van der Waals surface area contributed by atoms with Crippen LogP contribution in [0.2, 0.25) is 0 Å². The van der Waals surface area contributed by atoms with Gasteiger partial charge in [0.25, 0.3) is 0 Å². The van der Waals surface area contributed by atoms with Crippen molar-refractivity contribution in [2.45, 2.75) is 30.5 Å². The number of thiazole rings is 1. The van der Waals surface area contributed by atoms with Crippen molar-refractivity contribution in [3.8, 4) is 11.3 Å². The summed E-state index contributed by atoms with van der Waals surface area (Å²) in [6, 6.07) is 17.1. The van der Waals surface area contributed by atoms with E-state index in [-0.39, 0.29) is 16.4 Å². The van der Waals surface area contributed by atoms with Gasteiger partial charge < -0.3 is 10.3 Å². The number of para-hydroxylation sites is 1. The summed E-state index contributed by atoms with van der Waals surface area (Å²) in [5.74, 6) is -0.630. The highest BCUT2D eigenvalue weighted by Crippen LogP contribution is 2.32. The Morgan fingerprint density at radius 1 is 1.02 bits per heavy atom. The van der Waals surface area contributed by atoms with E-state index in [4.69, 9.17) is 0 Å². The zero-order chi connectivity index (χ0) is 28.5. The third-order valence-electron chi connectivity index (χ3n) is 6.29. The lowest BCUT2D eigenvalue weighted by Crippen LogP contribution is -2.45. The predicted molar refractivity (Wildman–Crippen MR) is 148 cm³/mol. The van der Waals surface area contributed by atoms with Crippen LogP contribution in [-0.4, -0.2) is 30.3 Å². The van der Waals surface area contributed by atoms with E-state index in [2.05, 4.69) is 20.0 Å². The van der Waals surface area contributed by atoms with Gasteiger partial charge in [-0.3, -0.25) is 4.79 Å². The summed E-state index contributed by atoms with van der Waals surface area (Å²) in [6.45, 7) is 1.84. The highest BCUT2D eigenvalue weighted by atomic mass is 32.2. The number of hydrogen-bond acceptors (Lipinski definition) is 5. The molecule has 5 rings (SSSR count). The maximum absolute atomic E-state index is 13.4. The molecule has 0 spiro atoms. The lowest BCUT2D eigenvalue weighted by molar-refractivity contribution is -0.137. The number of fused-ring (bicyclic) bond motifs is 1. The van der Waals surface area contributed by atoms with E-state index in [0.29, 0.717) is 11.3 Å². The molecule has 1 atom stereocenters. The first-order chi connectivity index (χ1) is 19.0. The molecule has 7 nitrogen and oxygen atoms in total. The van der Waals surface area contributed by atoms with Gasteiger partial charge in [-0.1, -0.05) is 48.0 Å². The first-order valence-electron chi connectivity index (χ1n) is 12.1. The number of aryl methyl sites for hydroxylation is 1. The molecule has 5 aromatic rings. The topological polar surface area (TPSA) is 104 Å². The van der Waals surface area contributed by atoms with Crippen LogP contribution in [0.15, 0.2) is 89.3 Å². The second-order valence-electron chi connectivity index (χ2n) is 9.15. The van der Waals surface area contributed by atoms with Crippen molar-refractivity contribution >= 4 is 43.3 Å². The number of halogens is 3. The standard InChI is InChI=1S/C28H23F3N4O3S2/c1-17-6-12-21(13-7-17)40(37,38)35-24(14-19-15-32-23-5-3-2-4-22(19)23)26(36)34-27-33-25(16-39-27)18-8-10-20(11-9-18)28(29,30)31/h2-13,15-16,24,32,35H,14H2,1H3,(H,33,34,36). The van der Waals surface area contributed by atoms with Crippen LogP contribution in [-0.2, 0) is 27.4 Å². The number of aromatic amines is 1. The summed E-state index contributed by atoms with van der Waals surface area (Å²) in [5.41, 5.74) is 2.52. The Bertz CT molecular complexity index is 1760. The number of nitrogens with one attached hydrogen (secondary N) is 3. The van der Waals surface area contributed by atoms with E-state index in [0.717, 1.165) is 45.5 Å². The molecule has 2 heterocycles. The van der Waals surface area contributed by atoms with Crippen molar-refractivity contribution in [1.29, 1.82) is 0 Å². The average Bonchev–Trinajstić information content (AvgIpc) is 3.55. The van der Waals surface area contributed by atoms with Gasteiger partial charge in [-0.05, 0) is 49.2 Å². The van der Waals surface area contributed by atoms with Gasteiger partial charge in [-0.2, -0.15) is 17.9 Å². The zero-order valence-electron chi connectivity index (χ0n) is 21.0. The molecule has 0 aliphatic heterocycles. The lowest BCUT2D eigenvalue weighted by Gasteiger charge is -2.18. The number of alkyl halides is 3. The highest BCUT2D eigenvalue weighted by Gasteiger charge is 2.30. The SMILES string of the molecule is Cc1ccc(S(=O)(=O)NC(Cc2c[nH]c3ccccc23)C(=O)Nc2nc(-c3ccc(C(F)(F)F)cc3)cs2)cc1. The number of H-pyrrole nitrogens is 1. The maximum atomic E-state index is 13.4. The summed E-state index contributed by atoms with van der Waals surface area (Å²) in [6.07, 6.45) is -2.67. The fourth-order valence-electron chi connectivity index (χ4n) is 4.17. The first-order valence-corrected chi connectivity index (χ1v) is 14.4. The number of benzene rings is 3. The van der Waals surface area contributed by atoms with Crippen molar-refractivity contribution in [2.75, 3.05) is 5.32 Å². The molecule has 1 unspecified atom stereocenters. The molecule has 206 valence electrons. The Morgan fingerprint density at radius 2 is 1.73 bits per heavy atom. The monoisotopic (exact) mass is 584 g/mol. The molecule has 0 aliphatic rings. The Labute approximate surface area is 232 Å². The number of amides is 1. The molecule has 0 radical (unpaired) electrons. The van der Waals surface area contributed by atoms with Crippen LogP contribution in [0, 0.1) is 6.92 Å². The van der Waals surface area contributed by atoms with Crippen molar-refractivity contribution < 1.29 is 26.4 Å². The number of rotatable bonds is 8. The number of hydrogen-bond donors (Lipinski definition) is 3. The second kappa shape index (κ2) is 10.9. The quantitative estimate of drug-likeness (QED) is 0.204. The molecule has 3 aromatic carbocycles. The molecule has 0 saturated carbocycles. The van der Waals surface area contributed by atoms with Gasteiger partial charge in [0, 0.05) is 28.0 Å². The molecule has 0 bridgehead atoms. The molecule has 0 saturated heterocycles. The number of carbonyl (C=O) groups is 1. The van der Waals surface area contributed by atoms with Crippen LogP contribution in [0.25, 0.3) is 22.2 Å². The predicted octanol–water partition coefficient (Wildman–Crippen LogP) is 6.15. The molecular weight excluding hydrogens is 561 g/mol. The van der Waals surface area contributed by atoms with Crippen molar-refractivity contribution in [1.82, 2.24) is 14.7 Å². The van der Waals surface area contributed by atoms with E-state index in [1.54, 1.807) is 23.7 Å². The molecule has 12 heteroatoms. The van der Waals surface area contributed by atoms with Crippen molar-refractivity contribution in [2.24, 2.45) is 0 Å². The number of sulfonamides is 1. The fourth-order valence-corrected chi connectivity index (χ4v) is 6.09. The fraction of sp³-hybridized carbons (Fsp3) is 0.143. The summed E-state index contributed by atoms with van der Waals surface area (Å²) in [5, 5.41) is 5.30. The van der Waals surface area contributed by atoms with Crippen molar-refractivity contribution in [3.63, 3.8) is 0 Å². The van der Waals surface area contributed by atoms with Crippen LogP contribution in [0.1, 0.15) is 16.7 Å². The zero-order valence-corrected chi connectivity index (χ0v) is 22.6. The number of carbonyl (C=O) groups excluding carboxylic acids is 1. The molecule has 3 N–H and O–H groups in total. The van der Waals surface area contributed by atoms with Gasteiger partial charge in [0.05, 0.1) is 16.2 Å². The van der Waals surface area contributed by atoms with E-state index in [9.17, 15) is 26.4 Å². The minimum absolute atomic E-state index is 0.0219. The van der Waals surface area contributed by atoms with Crippen molar-refractivity contribution in [3.05, 3.63) is 101 Å². The average molecular weight is 585 g/mol. The Morgan fingerprint density at radius 3 is 2.42 bits per heavy atom. The summed E-state index contributed by atoms with van der Waals surface area (Å²) >= 11 is 1.08. The number of anilines is 1. The molecule has 0 aliphatic carbocycles. The Balaban J connectivity index is 1.39. The maximum Gasteiger partial charge on any atom is 0.416 e. The minimum atomic E-state index is -4.45. The molecule has 1 amide bonds. The van der Waals surface area contributed by atoms with Gasteiger partial charge in [0.1, 0.15) is 6.04 Å². The second-order valence-corrected chi connectivity index (χ2v) is 11.7. The third kappa shape index (κ3) is 6.09. The van der Waals surface area contributed by atoms with Gasteiger partial charge in [0.2, 0.25) is 15.9 Å². The Kier molecular flexibility index (Phi) is 7.49. The third-order valence-corrected chi connectivity index (χ3v) is 8.53. The lowest BCUT2D eigenvalue weighted by atomic mass is 10.1. The van der Waals surface area contributed by atoms with Crippen LogP contribution in [0.5, 0.6) is 0 Å². The molecule has 0 fully saturated rings. The molecule has 2 aromatic heterocycles. The van der Waals surface area contributed by atoms with E-state index in [1.807, 2.05) is 31.2 Å². The first kappa shape index (κ1) is 27.6. The van der Waals surface area contributed by atoms with Gasteiger partial charge in [-0.25, -0.2) is 13.4 Å². The van der Waals surface area contributed by atoms with Crippen LogP contribution in [0.3, 0.4) is 0 Å². The highest BCUT2D eigenvalue weighted by molar-refractivity contribution is 7.89. The number of nitrogens with zero attached hydrogens (tertiary/aromatic N) is 1. The largest absolute Gasteiger partial charge is 0.416 e. The van der Waals surface area contributed by atoms with E-state index < -0.39 is 33.7 Å². The van der Waals surface area contributed by atoms with Gasteiger partial charge >= 0.3 is 6.18 Å². The summed E-state index contributed by atoms with van der Waals surface area (Å²) in [4.78, 5) is 20.9. The Hall–Kier alpha value is -4.00. The normalized spacial score (nSPS) is 12.9. The summed E-state index contributed by atoms with van der Waals surface area (Å²) in [7, 11) is -4.05. The minimum Gasteiger partial charge on any atom is -0.361 e. The van der Waals surface area contributed by atoms with E-state index >= 15 is 0 Å². The van der Waals surface area contributed by atoms with Crippen LogP contribution < -0.4 is 10.0 Å². The van der Waals surface area contributed by atoms with Crippen LogP contribution in [0.4, 0.5) is 18.3 Å². The van der Waals surface area contributed by atoms with Gasteiger partial charge in [0.15, 0.2) is 5.13 Å². The summed E-state index contributed by atoms with van der Waals surface area (Å²) < 4.78 is 67.6. The van der Waals surface area contributed by atoms with Crippen LogP contribution >= 0.6 is 11.3 Å². The molecule has 40 heavy (non-hydrogen) atoms. The number of aromatic nitrogens is 2.